The molecule has 0 fully saturated rings. The number of nitrogens with zero attached hydrogens (tertiary/aromatic N) is 1. The molecule has 0 radical (unpaired) electrons. The van der Waals surface area contributed by atoms with Crippen molar-refractivity contribution in [2.75, 3.05) is 13.7 Å². The van der Waals surface area contributed by atoms with Gasteiger partial charge in [-0.3, -0.25) is 4.79 Å². The van der Waals surface area contributed by atoms with Crippen LogP contribution in [0.15, 0.2) is 16.6 Å². The minimum Gasteiger partial charge on any atom is -0.466 e. The van der Waals surface area contributed by atoms with Crippen LogP contribution in [0.4, 0.5) is 0 Å². The molecule has 0 N–H and O–H groups in total. The second-order valence-corrected chi connectivity index (χ2v) is 6.27. The van der Waals surface area contributed by atoms with Gasteiger partial charge in [-0.25, -0.2) is 4.79 Å². The summed E-state index contributed by atoms with van der Waals surface area (Å²) in [5.41, 5.74) is 2.16. The van der Waals surface area contributed by atoms with E-state index in [9.17, 15) is 9.59 Å². The van der Waals surface area contributed by atoms with Gasteiger partial charge >= 0.3 is 11.9 Å². The van der Waals surface area contributed by atoms with E-state index in [-0.39, 0.29) is 5.97 Å². The number of aromatic nitrogens is 1. The fraction of sp³-hybridized carbons (Fsp3) is 0.375. The summed E-state index contributed by atoms with van der Waals surface area (Å²) in [4.78, 5) is 23.0. The monoisotopic (exact) mass is 401 g/mol. The summed E-state index contributed by atoms with van der Waals surface area (Å²) < 4.78 is 12.5. The molecule has 2 rings (SSSR count). The molecule has 0 saturated carbocycles. The van der Waals surface area contributed by atoms with Gasteiger partial charge in [-0.15, -0.1) is 0 Å². The number of methoxy groups -OCH3 is 1. The van der Waals surface area contributed by atoms with E-state index in [1.807, 2.05) is 17.6 Å². The average Bonchev–Trinajstić information content (AvgIpc) is 2.79. The van der Waals surface area contributed by atoms with Crippen LogP contribution in [0.3, 0.4) is 0 Å². The number of rotatable bonds is 5. The number of fused-ring (bicyclic) bond motifs is 1. The highest BCUT2D eigenvalue weighted by Gasteiger charge is 2.23. The first-order chi connectivity index (χ1) is 10.9. The SMILES string of the molecule is COC(=O)c1c(C)c2c(Br)c(Cl)ccc2n1CCCOC(C)=O. The molecule has 0 unspecified atom stereocenters. The van der Waals surface area contributed by atoms with Crippen LogP contribution in [0.25, 0.3) is 10.9 Å². The Morgan fingerprint density at radius 1 is 1.35 bits per heavy atom. The van der Waals surface area contributed by atoms with Gasteiger partial charge in [0.2, 0.25) is 0 Å². The molecular weight excluding hydrogens is 386 g/mol. The molecular formula is C16H17BrClNO4. The number of aryl methyl sites for hydroxylation is 2. The van der Waals surface area contributed by atoms with Crippen LogP contribution in [0, 0.1) is 6.92 Å². The third-order valence-corrected chi connectivity index (χ3v) is 4.94. The van der Waals surface area contributed by atoms with Gasteiger partial charge in [-0.2, -0.15) is 0 Å². The van der Waals surface area contributed by atoms with Crippen LogP contribution in [0.2, 0.25) is 5.02 Å². The van der Waals surface area contributed by atoms with Crippen molar-refractivity contribution in [3.05, 3.63) is 32.9 Å². The van der Waals surface area contributed by atoms with Crippen molar-refractivity contribution in [1.82, 2.24) is 4.57 Å². The Labute approximate surface area is 147 Å². The summed E-state index contributed by atoms with van der Waals surface area (Å²) in [6.07, 6.45) is 0.590. The largest absolute Gasteiger partial charge is 0.466 e. The zero-order valence-corrected chi connectivity index (χ0v) is 15.5. The molecule has 0 aliphatic heterocycles. The van der Waals surface area contributed by atoms with E-state index in [2.05, 4.69) is 15.9 Å². The van der Waals surface area contributed by atoms with Gasteiger partial charge in [0.1, 0.15) is 5.69 Å². The molecule has 124 valence electrons. The van der Waals surface area contributed by atoms with Crippen molar-refractivity contribution in [2.24, 2.45) is 0 Å². The van der Waals surface area contributed by atoms with E-state index >= 15 is 0 Å². The third-order valence-electron chi connectivity index (χ3n) is 3.57. The number of benzene rings is 1. The van der Waals surface area contributed by atoms with Gasteiger partial charge in [-0.05, 0) is 47.0 Å². The van der Waals surface area contributed by atoms with Crippen molar-refractivity contribution in [1.29, 1.82) is 0 Å². The minimum absolute atomic E-state index is 0.295. The van der Waals surface area contributed by atoms with Gasteiger partial charge in [0.15, 0.2) is 0 Å². The maximum absolute atomic E-state index is 12.2. The van der Waals surface area contributed by atoms with Crippen LogP contribution in [-0.2, 0) is 20.8 Å². The first-order valence-corrected chi connectivity index (χ1v) is 8.24. The molecule has 23 heavy (non-hydrogen) atoms. The van der Waals surface area contributed by atoms with Gasteiger partial charge in [0.25, 0.3) is 0 Å². The van der Waals surface area contributed by atoms with E-state index in [1.165, 1.54) is 14.0 Å². The van der Waals surface area contributed by atoms with Crippen molar-refractivity contribution < 1.29 is 19.1 Å². The summed E-state index contributed by atoms with van der Waals surface area (Å²) in [5, 5.41) is 1.46. The third kappa shape index (κ3) is 3.53. The predicted octanol–water partition coefficient (Wildman–Crippen LogP) is 4.11. The number of carbonyl (C=O) groups excluding carboxylic acids is 2. The van der Waals surface area contributed by atoms with E-state index < -0.39 is 5.97 Å². The topological polar surface area (TPSA) is 57.5 Å². The molecule has 1 aromatic carbocycles. The Morgan fingerprint density at radius 2 is 2.04 bits per heavy atom. The maximum atomic E-state index is 12.2. The fourth-order valence-electron chi connectivity index (χ4n) is 2.59. The predicted molar refractivity (Wildman–Crippen MR) is 92.0 cm³/mol. The van der Waals surface area contributed by atoms with Crippen LogP contribution >= 0.6 is 27.5 Å². The number of hydrogen-bond acceptors (Lipinski definition) is 4. The molecule has 0 bridgehead atoms. The lowest BCUT2D eigenvalue weighted by atomic mass is 10.1. The molecule has 5 nitrogen and oxygen atoms in total. The van der Waals surface area contributed by atoms with Gasteiger partial charge in [-0.1, -0.05) is 11.6 Å². The van der Waals surface area contributed by atoms with Crippen LogP contribution in [0.5, 0.6) is 0 Å². The Balaban J connectivity index is 2.49. The van der Waals surface area contributed by atoms with Crippen molar-refractivity contribution in [2.45, 2.75) is 26.8 Å². The van der Waals surface area contributed by atoms with Crippen LogP contribution in [-0.4, -0.2) is 30.2 Å². The van der Waals surface area contributed by atoms with Gasteiger partial charge in [0, 0.05) is 23.3 Å². The normalized spacial score (nSPS) is 10.8. The number of esters is 2. The molecule has 0 aliphatic carbocycles. The standard InChI is InChI=1S/C16H17BrClNO4/c1-9-13-12(6-5-11(18)14(13)17)19(15(9)16(21)22-3)7-4-8-23-10(2)20/h5-6H,4,7-8H2,1-3H3. The van der Waals surface area contributed by atoms with E-state index in [1.54, 1.807) is 6.07 Å². The highest BCUT2D eigenvalue weighted by atomic mass is 79.9. The second kappa shape index (κ2) is 7.36. The summed E-state index contributed by atoms with van der Waals surface area (Å²) in [5.74, 6) is -0.726. The Hall–Kier alpha value is -1.53. The lowest BCUT2D eigenvalue weighted by Gasteiger charge is -2.10. The molecule has 0 atom stereocenters. The van der Waals surface area contributed by atoms with Crippen molar-refractivity contribution >= 4 is 50.4 Å². The zero-order valence-electron chi connectivity index (χ0n) is 13.1. The van der Waals surface area contributed by atoms with E-state index in [0.29, 0.717) is 30.3 Å². The molecule has 1 heterocycles. The highest BCUT2D eigenvalue weighted by Crippen LogP contribution is 2.36. The first-order valence-electron chi connectivity index (χ1n) is 7.07. The molecule has 1 aromatic heterocycles. The van der Waals surface area contributed by atoms with Gasteiger partial charge < -0.3 is 14.0 Å². The number of ether oxygens (including phenoxy) is 2. The Bertz CT molecular complexity index is 769. The highest BCUT2D eigenvalue weighted by molar-refractivity contribution is 9.10. The molecule has 0 amide bonds. The maximum Gasteiger partial charge on any atom is 0.354 e. The summed E-state index contributed by atoms with van der Waals surface area (Å²) in [7, 11) is 1.35. The van der Waals surface area contributed by atoms with E-state index in [0.717, 1.165) is 20.9 Å². The van der Waals surface area contributed by atoms with Crippen molar-refractivity contribution in [3.8, 4) is 0 Å². The lowest BCUT2D eigenvalue weighted by molar-refractivity contribution is -0.141. The molecule has 2 aromatic rings. The van der Waals surface area contributed by atoms with Crippen LogP contribution < -0.4 is 0 Å². The fourth-order valence-corrected chi connectivity index (χ4v) is 3.38. The minimum atomic E-state index is -0.408. The lowest BCUT2D eigenvalue weighted by Crippen LogP contribution is -2.13. The first kappa shape index (κ1) is 17.8. The molecule has 0 aliphatic rings. The summed E-state index contributed by atoms with van der Waals surface area (Å²) in [6.45, 7) is 4.05. The molecule has 0 spiro atoms. The Kier molecular flexibility index (Phi) is 5.70. The molecule has 0 saturated heterocycles. The smallest absolute Gasteiger partial charge is 0.354 e. The number of carbonyl (C=O) groups is 2. The summed E-state index contributed by atoms with van der Waals surface area (Å²) >= 11 is 9.65. The zero-order chi connectivity index (χ0) is 17.1. The number of hydrogen-bond donors (Lipinski definition) is 0. The quantitative estimate of drug-likeness (QED) is 0.558. The second-order valence-electron chi connectivity index (χ2n) is 5.07. The van der Waals surface area contributed by atoms with Gasteiger partial charge in [0.05, 0.1) is 24.3 Å². The van der Waals surface area contributed by atoms with Crippen molar-refractivity contribution in [3.63, 3.8) is 0 Å². The Morgan fingerprint density at radius 3 is 2.65 bits per heavy atom. The summed E-state index contributed by atoms with van der Waals surface area (Å²) in [6, 6.07) is 3.64. The average molecular weight is 403 g/mol. The van der Waals surface area contributed by atoms with Crippen LogP contribution in [0.1, 0.15) is 29.4 Å². The molecule has 7 heteroatoms. The van der Waals surface area contributed by atoms with E-state index in [4.69, 9.17) is 21.1 Å². The number of halogens is 2.